The van der Waals surface area contributed by atoms with E-state index in [9.17, 15) is 24.0 Å². The van der Waals surface area contributed by atoms with Crippen LogP contribution in [0, 0.1) is 0 Å². The molecule has 0 radical (unpaired) electrons. The number of urea groups is 1. The van der Waals surface area contributed by atoms with Gasteiger partial charge < -0.3 is 5.32 Å². The molecule has 9 heteroatoms. The van der Waals surface area contributed by atoms with E-state index in [-0.39, 0.29) is 19.4 Å². The van der Waals surface area contributed by atoms with E-state index < -0.39 is 35.2 Å². The number of carbonyl (C=O) groups is 5. The quantitative estimate of drug-likeness (QED) is 0.510. The van der Waals surface area contributed by atoms with Crippen LogP contribution in [0.2, 0.25) is 0 Å². The second kappa shape index (κ2) is 8.26. The summed E-state index contributed by atoms with van der Waals surface area (Å²) < 4.78 is 0. The Bertz CT molecular complexity index is 1080. The van der Waals surface area contributed by atoms with Crippen LogP contribution in [-0.4, -0.2) is 46.1 Å². The topological polar surface area (TPSA) is 116 Å². The summed E-state index contributed by atoms with van der Waals surface area (Å²) in [5.41, 5.74) is 2.42. The Morgan fingerprint density at radius 3 is 2.12 bits per heavy atom. The summed E-state index contributed by atoms with van der Waals surface area (Å²) in [7, 11) is 0. The molecule has 2 N–H and O–H groups in total. The van der Waals surface area contributed by atoms with Gasteiger partial charge in [-0.1, -0.05) is 49.4 Å². The molecule has 0 spiro atoms. The van der Waals surface area contributed by atoms with Crippen molar-refractivity contribution in [1.82, 2.24) is 20.7 Å². The molecule has 2 aromatic carbocycles. The second-order valence-corrected chi connectivity index (χ2v) is 7.64. The van der Waals surface area contributed by atoms with Crippen molar-refractivity contribution in [1.29, 1.82) is 0 Å². The summed E-state index contributed by atoms with van der Waals surface area (Å²) in [6, 6.07) is 14.7. The highest BCUT2D eigenvalue weighted by molar-refractivity contribution is 6.21. The number of amides is 6. The lowest BCUT2D eigenvalue weighted by Gasteiger charge is -2.25. The summed E-state index contributed by atoms with van der Waals surface area (Å²) in [5.74, 6) is -1.92. The van der Waals surface area contributed by atoms with Crippen LogP contribution in [0.15, 0.2) is 54.6 Å². The van der Waals surface area contributed by atoms with Gasteiger partial charge in [-0.3, -0.25) is 29.5 Å². The number of carbonyl (C=O) groups excluding carboxylic acids is 5. The minimum atomic E-state index is -1.24. The molecular weight excluding hydrogens is 412 g/mol. The van der Waals surface area contributed by atoms with E-state index in [2.05, 4.69) is 10.7 Å². The molecule has 9 nitrogen and oxygen atoms in total. The largest absolute Gasteiger partial charge is 0.344 e. The number of imide groups is 2. The number of fused-ring (bicyclic) bond motifs is 1. The Labute approximate surface area is 184 Å². The number of rotatable bonds is 7. The number of hydrogen-bond acceptors (Lipinski definition) is 5. The van der Waals surface area contributed by atoms with Crippen LogP contribution in [0.25, 0.3) is 0 Å². The number of benzene rings is 2. The summed E-state index contributed by atoms with van der Waals surface area (Å²) in [4.78, 5) is 63.8. The van der Waals surface area contributed by atoms with Crippen molar-refractivity contribution < 1.29 is 24.0 Å². The van der Waals surface area contributed by atoms with E-state index in [0.717, 1.165) is 4.90 Å². The van der Waals surface area contributed by atoms with Gasteiger partial charge in [0.05, 0.1) is 11.1 Å². The smallest absolute Gasteiger partial charge is 0.318 e. The van der Waals surface area contributed by atoms with Crippen molar-refractivity contribution in [3.8, 4) is 0 Å². The van der Waals surface area contributed by atoms with E-state index in [4.69, 9.17) is 0 Å². The van der Waals surface area contributed by atoms with E-state index in [0.29, 0.717) is 28.1 Å². The van der Waals surface area contributed by atoms with Crippen LogP contribution in [0.5, 0.6) is 0 Å². The number of nitrogens with zero attached hydrogens (tertiary/aromatic N) is 2. The van der Waals surface area contributed by atoms with Crippen LogP contribution in [0.4, 0.5) is 4.79 Å². The molecule has 6 amide bonds. The van der Waals surface area contributed by atoms with Gasteiger partial charge in [-0.25, -0.2) is 4.79 Å². The zero-order valence-electron chi connectivity index (χ0n) is 17.5. The van der Waals surface area contributed by atoms with Crippen molar-refractivity contribution in [3.05, 3.63) is 71.3 Å². The standard InChI is InChI=1S/C23H22N4O5/c1-2-23(15-9-4-3-5-10-15)21(31)27(22(32)24-23)25-18(28)13-8-14-26-19(29)16-11-6-7-12-17(16)20(26)30/h3-7,9-12H,2,8,13-14H2,1H3,(H,24,32)(H,25,28). The minimum Gasteiger partial charge on any atom is -0.318 e. The maximum atomic E-state index is 13.0. The number of hydrazine groups is 1. The predicted molar refractivity (Wildman–Crippen MR) is 113 cm³/mol. The summed E-state index contributed by atoms with van der Waals surface area (Å²) in [5, 5.41) is 3.38. The molecule has 2 aliphatic rings. The average molecular weight is 434 g/mol. The zero-order valence-corrected chi connectivity index (χ0v) is 17.5. The molecule has 1 atom stereocenters. The van der Waals surface area contributed by atoms with E-state index in [1.807, 2.05) is 6.07 Å². The van der Waals surface area contributed by atoms with Crippen molar-refractivity contribution in [2.75, 3.05) is 6.54 Å². The molecule has 2 heterocycles. The van der Waals surface area contributed by atoms with Crippen LogP contribution < -0.4 is 10.7 Å². The monoisotopic (exact) mass is 434 g/mol. The van der Waals surface area contributed by atoms with E-state index >= 15 is 0 Å². The van der Waals surface area contributed by atoms with Crippen molar-refractivity contribution in [2.45, 2.75) is 31.7 Å². The normalized spacial score (nSPS) is 19.9. The number of hydrogen-bond donors (Lipinski definition) is 2. The molecule has 0 aliphatic carbocycles. The highest BCUT2D eigenvalue weighted by atomic mass is 16.2. The molecule has 0 bridgehead atoms. The van der Waals surface area contributed by atoms with Gasteiger partial charge in [0, 0.05) is 13.0 Å². The Hall–Kier alpha value is -4.01. The van der Waals surface area contributed by atoms with Crippen molar-refractivity contribution >= 4 is 29.7 Å². The van der Waals surface area contributed by atoms with Gasteiger partial charge in [0.15, 0.2) is 0 Å². The van der Waals surface area contributed by atoms with Gasteiger partial charge in [-0.05, 0) is 30.5 Å². The summed E-state index contributed by atoms with van der Waals surface area (Å²) in [6.07, 6.45) is 0.432. The first-order chi connectivity index (χ1) is 15.4. The van der Waals surface area contributed by atoms with Gasteiger partial charge in [-0.15, -0.1) is 0 Å². The van der Waals surface area contributed by atoms with Crippen molar-refractivity contribution in [2.24, 2.45) is 0 Å². The Morgan fingerprint density at radius 2 is 1.53 bits per heavy atom. The molecule has 1 fully saturated rings. The maximum Gasteiger partial charge on any atom is 0.344 e. The lowest BCUT2D eigenvalue weighted by Crippen LogP contribution is -2.48. The second-order valence-electron chi connectivity index (χ2n) is 7.64. The highest BCUT2D eigenvalue weighted by Crippen LogP contribution is 2.31. The van der Waals surface area contributed by atoms with Gasteiger partial charge in [0.25, 0.3) is 17.7 Å². The predicted octanol–water partition coefficient (Wildman–Crippen LogP) is 1.95. The van der Waals surface area contributed by atoms with Gasteiger partial charge >= 0.3 is 6.03 Å². The molecule has 2 aliphatic heterocycles. The average Bonchev–Trinajstić information content (AvgIpc) is 3.20. The third-order valence-corrected chi connectivity index (χ3v) is 5.79. The molecule has 0 saturated carbocycles. The highest BCUT2D eigenvalue weighted by Gasteiger charge is 2.52. The van der Waals surface area contributed by atoms with E-state index in [1.54, 1.807) is 55.5 Å². The fourth-order valence-electron chi connectivity index (χ4n) is 4.06. The third-order valence-electron chi connectivity index (χ3n) is 5.79. The fraction of sp³-hybridized carbons (Fsp3) is 0.261. The van der Waals surface area contributed by atoms with Crippen LogP contribution >= 0.6 is 0 Å². The SMILES string of the molecule is CCC1(c2ccccc2)NC(=O)N(NC(=O)CCCN2C(=O)c3ccccc3C2=O)C1=O. The summed E-state index contributed by atoms with van der Waals surface area (Å²) in [6.45, 7) is 1.83. The van der Waals surface area contributed by atoms with Crippen LogP contribution in [-0.2, 0) is 15.1 Å². The van der Waals surface area contributed by atoms with Crippen LogP contribution in [0.1, 0.15) is 52.5 Å². The third kappa shape index (κ3) is 3.41. The molecule has 1 saturated heterocycles. The van der Waals surface area contributed by atoms with E-state index in [1.165, 1.54) is 0 Å². The lowest BCUT2D eigenvalue weighted by atomic mass is 9.87. The minimum absolute atomic E-state index is 0.0584. The van der Waals surface area contributed by atoms with Gasteiger partial charge in [0.2, 0.25) is 5.91 Å². The summed E-state index contributed by atoms with van der Waals surface area (Å²) >= 11 is 0. The van der Waals surface area contributed by atoms with Crippen molar-refractivity contribution in [3.63, 3.8) is 0 Å². The Morgan fingerprint density at radius 1 is 0.938 bits per heavy atom. The zero-order chi connectivity index (χ0) is 22.9. The molecular formula is C23H22N4O5. The first-order valence-electron chi connectivity index (χ1n) is 10.4. The number of nitrogens with one attached hydrogen (secondary N) is 2. The Kier molecular flexibility index (Phi) is 5.48. The van der Waals surface area contributed by atoms with Crippen LogP contribution in [0.3, 0.4) is 0 Å². The lowest BCUT2D eigenvalue weighted by molar-refractivity contribution is -0.139. The molecule has 1 unspecified atom stereocenters. The Balaban J connectivity index is 1.36. The van der Waals surface area contributed by atoms with Gasteiger partial charge in [-0.2, -0.15) is 5.01 Å². The van der Waals surface area contributed by atoms with Gasteiger partial charge in [0.1, 0.15) is 5.54 Å². The molecule has 2 aromatic rings. The molecule has 32 heavy (non-hydrogen) atoms. The molecule has 0 aromatic heterocycles. The first kappa shape index (κ1) is 21.2. The maximum absolute atomic E-state index is 13.0. The first-order valence-corrected chi connectivity index (χ1v) is 10.4. The molecule has 4 rings (SSSR count). The fourth-order valence-corrected chi connectivity index (χ4v) is 4.06. The molecule has 164 valence electrons.